The molecule has 0 bridgehead atoms. The Kier molecular flexibility index (Phi) is 7.40. The van der Waals surface area contributed by atoms with Crippen LogP contribution in [0.5, 0.6) is 5.75 Å². The fraction of sp³-hybridized carbons (Fsp3) is 0.333. The number of methoxy groups -OCH3 is 1. The van der Waals surface area contributed by atoms with Gasteiger partial charge in [0.2, 0.25) is 0 Å². The average molecular weight is 521 g/mol. The second-order valence-corrected chi connectivity index (χ2v) is 9.61. The highest BCUT2D eigenvalue weighted by Gasteiger charge is 2.22. The van der Waals surface area contributed by atoms with Gasteiger partial charge in [-0.3, -0.25) is 15.1 Å². The van der Waals surface area contributed by atoms with E-state index in [-0.39, 0.29) is 22.8 Å². The maximum atomic E-state index is 13.5. The summed E-state index contributed by atoms with van der Waals surface area (Å²) < 4.78 is 37.7. The van der Waals surface area contributed by atoms with Crippen molar-refractivity contribution in [3.8, 4) is 40.6 Å². The summed E-state index contributed by atoms with van der Waals surface area (Å²) in [5.74, 6) is 12.7. The number of amides is 1. The van der Waals surface area contributed by atoms with E-state index in [0.717, 1.165) is 24.1 Å². The van der Waals surface area contributed by atoms with E-state index in [1.807, 2.05) is 0 Å². The Hall–Kier alpha value is -3.86. The van der Waals surface area contributed by atoms with Gasteiger partial charge >= 0.3 is 0 Å². The molecule has 1 amide bonds. The summed E-state index contributed by atoms with van der Waals surface area (Å²) in [5, 5.41) is 3.14. The predicted molar refractivity (Wildman–Crippen MR) is 134 cm³/mol. The van der Waals surface area contributed by atoms with Crippen molar-refractivity contribution in [1.82, 2.24) is 15.0 Å². The normalized spacial score (nSPS) is 16.5. The SMILES string of the molecule is COc1cnc(C(F)F)cc1-c1cc(C#CC2CCOC2)ncc1C(=O)Nc1ncc(C#CC2CC2)s1. The second kappa shape index (κ2) is 11.0. The average Bonchev–Trinajstić information content (AvgIpc) is 3.38. The van der Waals surface area contributed by atoms with Crippen LogP contribution in [0.25, 0.3) is 11.1 Å². The first kappa shape index (κ1) is 24.8. The number of halogens is 2. The van der Waals surface area contributed by atoms with Crippen LogP contribution in [0.15, 0.2) is 30.7 Å². The molecular formula is C27H22F2N4O3S. The smallest absolute Gasteiger partial charge is 0.280 e. The number of thiazole rings is 1. The van der Waals surface area contributed by atoms with E-state index in [1.54, 1.807) is 12.3 Å². The van der Waals surface area contributed by atoms with E-state index in [1.165, 1.54) is 36.9 Å². The van der Waals surface area contributed by atoms with Gasteiger partial charge in [0.25, 0.3) is 12.3 Å². The molecule has 0 radical (unpaired) electrons. The third-order valence-corrected chi connectivity index (χ3v) is 6.64. The highest BCUT2D eigenvalue weighted by atomic mass is 32.1. The Bertz CT molecular complexity index is 1440. The number of nitrogens with zero attached hydrogens (tertiary/aromatic N) is 3. The quantitative estimate of drug-likeness (QED) is 0.480. The second-order valence-electron chi connectivity index (χ2n) is 8.58. The van der Waals surface area contributed by atoms with E-state index in [9.17, 15) is 13.6 Å². The third-order valence-electron chi connectivity index (χ3n) is 5.81. The van der Waals surface area contributed by atoms with Crippen molar-refractivity contribution in [1.29, 1.82) is 0 Å². The van der Waals surface area contributed by atoms with Gasteiger partial charge in [-0.2, -0.15) is 0 Å². The van der Waals surface area contributed by atoms with Gasteiger partial charge in [0.05, 0.1) is 36.6 Å². The van der Waals surface area contributed by atoms with Crippen LogP contribution < -0.4 is 10.1 Å². The molecule has 4 heterocycles. The Balaban J connectivity index is 1.50. The fourth-order valence-electron chi connectivity index (χ4n) is 3.66. The van der Waals surface area contributed by atoms with Gasteiger partial charge in [-0.15, -0.1) is 0 Å². The van der Waals surface area contributed by atoms with Gasteiger partial charge in [0.15, 0.2) is 5.13 Å². The van der Waals surface area contributed by atoms with Crippen molar-refractivity contribution < 1.29 is 23.0 Å². The molecule has 2 fully saturated rings. The van der Waals surface area contributed by atoms with Crippen LogP contribution in [-0.2, 0) is 4.74 Å². The number of carbonyl (C=O) groups excluding carboxylic acids is 1. The molecule has 10 heteroatoms. The first-order valence-corrected chi connectivity index (χ1v) is 12.5. The zero-order valence-electron chi connectivity index (χ0n) is 19.9. The van der Waals surface area contributed by atoms with Crippen LogP contribution in [0.1, 0.15) is 52.3 Å². The lowest BCUT2D eigenvalue weighted by Gasteiger charge is -2.14. The molecule has 1 saturated heterocycles. The molecular weight excluding hydrogens is 498 g/mol. The Morgan fingerprint density at radius 1 is 1.08 bits per heavy atom. The molecule has 0 aromatic carbocycles. The monoisotopic (exact) mass is 520 g/mol. The molecule has 5 rings (SSSR count). The standard InChI is InChI=1S/C27H22F2N4O3S/c1-35-24-14-31-23(25(28)29)11-21(24)20-10-18(6-4-17-8-9-36-15-17)30-13-22(20)26(34)33-27-32-12-19(37-27)7-5-16-2-3-16/h10-14,16-17,25H,2-3,8-9,15H2,1H3,(H,32,33,34). The van der Waals surface area contributed by atoms with Crippen LogP contribution >= 0.6 is 11.3 Å². The summed E-state index contributed by atoms with van der Waals surface area (Å²) in [6, 6.07) is 2.81. The zero-order valence-corrected chi connectivity index (χ0v) is 20.7. The summed E-state index contributed by atoms with van der Waals surface area (Å²) >= 11 is 1.26. The van der Waals surface area contributed by atoms with Crippen molar-refractivity contribution >= 4 is 22.4 Å². The van der Waals surface area contributed by atoms with E-state index < -0.39 is 18.0 Å². The fourth-order valence-corrected chi connectivity index (χ4v) is 4.33. The number of hydrogen-bond acceptors (Lipinski definition) is 7. The highest BCUT2D eigenvalue weighted by molar-refractivity contribution is 7.16. The van der Waals surface area contributed by atoms with E-state index >= 15 is 0 Å². The molecule has 1 aliphatic carbocycles. The Morgan fingerprint density at radius 2 is 1.92 bits per heavy atom. The maximum Gasteiger partial charge on any atom is 0.280 e. The highest BCUT2D eigenvalue weighted by Crippen LogP contribution is 2.35. The summed E-state index contributed by atoms with van der Waals surface area (Å²) in [5.41, 5.74) is 0.727. The van der Waals surface area contributed by atoms with Gasteiger partial charge < -0.3 is 9.47 Å². The van der Waals surface area contributed by atoms with Gasteiger partial charge in [-0.05, 0) is 37.3 Å². The van der Waals surface area contributed by atoms with Gasteiger partial charge in [0, 0.05) is 35.8 Å². The van der Waals surface area contributed by atoms with Crippen molar-refractivity contribution in [2.75, 3.05) is 25.6 Å². The first-order valence-electron chi connectivity index (χ1n) is 11.7. The third kappa shape index (κ3) is 6.11. The summed E-state index contributed by atoms with van der Waals surface area (Å²) in [6.45, 7) is 1.21. The number of rotatable bonds is 5. The molecule has 37 heavy (non-hydrogen) atoms. The van der Waals surface area contributed by atoms with Crippen LogP contribution in [0.3, 0.4) is 0 Å². The molecule has 1 atom stereocenters. The molecule has 3 aromatic rings. The van der Waals surface area contributed by atoms with Gasteiger partial charge in [-0.25, -0.2) is 18.7 Å². The van der Waals surface area contributed by atoms with Crippen molar-refractivity contribution in [3.63, 3.8) is 0 Å². The van der Waals surface area contributed by atoms with Crippen LogP contribution in [-0.4, -0.2) is 41.2 Å². The van der Waals surface area contributed by atoms with E-state index in [4.69, 9.17) is 9.47 Å². The van der Waals surface area contributed by atoms with Gasteiger partial charge in [0.1, 0.15) is 17.1 Å². The minimum absolute atomic E-state index is 0.0937. The number of alkyl halides is 2. The summed E-state index contributed by atoms with van der Waals surface area (Å²) in [6.07, 6.45) is 4.47. The van der Waals surface area contributed by atoms with E-state index in [2.05, 4.69) is 44.0 Å². The van der Waals surface area contributed by atoms with Crippen molar-refractivity contribution in [2.45, 2.75) is 25.7 Å². The molecule has 1 aliphatic heterocycles. The lowest BCUT2D eigenvalue weighted by molar-refractivity contribution is 0.102. The van der Waals surface area contributed by atoms with Crippen LogP contribution in [0.2, 0.25) is 0 Å². The number of pyridine rings is 2. The topological polar surface area (TPSA) is 86.2 Å². The minimum Gasteiger partial charge on any atom is -0.494 e. The maximum absolute atomic E-state index is 13.5. The lowest BCUT2D eigenvalue weighted by Crippen LogP contribution is -2.14. The van der Waals surface area contributed by atoms with Crippen LogP contribution in [0, 0.1) is 35.5 Å². The molecule has 1 saturated carbocycles. The number of carbonyl (C=O) groups is 1. The Labute approximate surface area is 216 Å². The minimum atomic E-state index is -2.80. The first-order chi connectivity index (χ1) is 18.0. The summed E-state index contributed by atoms with van der Waals surface area (Å²) in [4.78, 5) is 26.4. The number of anilines is 1. The molecule has 2 aliphatic rings. The predicted octanol–water partition coefficient (Wildman–Crippen LogP) is 4.95. The molecule has 188 valence electrons. The lowest BCUT2D eigenvalue weighted by atomic mass is 9.99. The number of hydrogen-bond donors (Lipinski definition) is 1. The van der Waals surface area contributed by atoms with Crippen LogP contribution in [0.4, 0.5) is 13.9 Å². The molecule has 0 spiro atoms. The largest absolute Gasteiger partial charge is 0.494 e. The van der Waals surface area contributed by atoms with Gasteiger partial charge in [-0.1, -0.05) is 29.1 Å². The number of nitrogens with one attached hydrogen (secondary N) is 1. The van der Waals surface area contributed by atoms with E-state index in [0.29, 0.717) is 35.5 Å². The summed E-state index contributed by atoms with van der Waals surface area (Å²) in [7, 11) is 1.41. The number of ether oxygens (including phenoxy) is 2. The molecule has 7 nitrogen and oxygen atoms in total. The number of aromatic nitrogens is 3. The van der Waals surface area contributed by atoms with Crippen molar-refractivity contribution in [2.24, 2.45) is 11.8 Å². The molecule has 3 aromatic heterocycles. The zero-order chi connectivity index (χ0) is 25.8. The van der Waals surface area contributed by atoms with Crippen molar-refractivity contribution in [3.05, 3.63) is 52.6 Å². The molecule has 1 N–H and O–H groups in total. The Morgan fingerprint density at radius 3 is 2.65 bits per heavy atom. The molecule has 1 unspecified atom stereocenters.